The molecule has 2 saturated heterocycles. The number of likely N-dealkylation sites (tertiary alicyclic amines) is 1. The van der Waals surface area contributed by atoms with Crippen LogP contribution in [0.4, 0.5) is 16.6 Å². The summed E-state index contributed by atoms with van der Waals surface area (Å²) in [4.78, 5) is 28.0. The van der Waals surface area contributed by atoms with Crippen LogP contribution in [0.5, 0.6) is 0 Å². The Hall–Kier alpha value is -2.87. The van der Waals surface area contributed by atoms with Gasteiger partial charge in [0.05, 0.1) is 0 Å². The molecule has 1 aromatic heterocycles. The van der Waals surface area contributed by atoms with Crippen molar-refractivity contribution >= 4 is 17.9 Å². The number of amides is 1. The highest BCUT2D eigenvalue weighted by Crippen LogP contribution is 2.31. The topological polar surface area (TPSA) is 84.8 Å². The molecule has 1 aliphatic carbocycles. The van der Waals surface area contributed by atoms with Crippen molar-refractivity contribution < 1.29 is 9.90 Å². The zero-order valence-electron chi connectivity index (χ0n) is 22.7. The van der Waals surface area contributed by atoms with Crippen LogP contribution in [-0.2, 0) is 6.54 Å². The first kappa shape index (κ1) is 26.7. The fraction of sp³-hybridized carbons (Fsp3) is 0.633. The normalized spacial score (nSPS) is 24.9. The molecule has 1 atom stereocenters. The molecule has 0 bridgehead atoms. The second kappa shape index (κ2) is 13.3. The fourth-order valence-corrected chi connectivity index (χ4v) is 6.55. The first-order valence-corrected chi connectivity index (χ1v) is 14.7. The predicted molar refractivity (Wildman–Crippen MR) is 152 cm³/mol. The molecule has 2 aliphatic heterocycles. The molecule has 2 aromatic rings. The van der Waals surface area contributed by atoms with Gasteiger partial charge in [-0.15, -0.1) is 0 Å². The number of nitrogens with one attached hydrogen (secondary N) is 1. The number of carbonyl (C=O) groups is 1. The molecule has 3 heterocycles. The summed E-state index contributed by atoms with van der Waals surface area (Å²) in [5.74, 6) is 2.26. The number of hydrogen-bond acceptors (Lipinski definition) is 6. The molecule has 5 rings (SSSR count). The van der Waals surface area contributed by atoms with Crippen LogP contribution in [0.3, 0.4) is 0 Å². The standard InChI is InChI=1S/C30H44N6O2/c37-30(38)36(21-24-9-4-3-5-10-24)22-25-12-14-27(15-13-25)35-20-8-11-26(23-35)32-29-31-17-16-28(33-29)34-18-6-1-2-7-19-34/h3-5,9-10,16-17,25-27H,1-2,6-8,11-15,18-23H2,(H,37,38)(H,31,32,33). The van der Waals surface area contributed by atoms with E-state index in [1.54, 1.807) is 4.90 Å². The summed E-state index contributed by atoms with van der Waals surface area (Å²) in [5.41, 5.74) is 1.05. The van der Waals surface area contributed by atoms with Gasteiger partial charge in [0.2, 0.25) is 5.95 Å². The Morgan fingerprint density at radius 1 is 0.947 bits per heavy atom. The van der Waals surface area contributed by atoms with Crippen molar-refractivity contribution in [2.24, 2.45) is 5.92 Å². The van der Waals surface area contributed by atoms with Crippen LogP contribution in [0.15, 0.2) is 42.6 Å². The van der Waals surface area contributed by atoms with Crippen LogP contribution >= 0.6 is 0 Å². The van der Waals surface area contributed by atoms with Gasteiger partial charge in [-0.3, -0.25) is 4.90 Å². The Balaban J connectivity index is 1.10. The molecule has 1 unspecified atom stereocenters. The zero-order chi connectivity index (χ0) is 26.2. The highest BCUT2D eigenvalue weighted by Gasteiger charge is 2.31. The van der Waals surface area contributed by atoms with E-state index in [2.05, 4.69) is 20.1 Å². The van der Waals surface area contributed by atoms with Crippen molar-refractivity contribution in [1.29, 1.82) is 0 Å². The maximum atomic E-state index is 11.9. The number of rotatable bonds is 8. The van der Waals surface area contributed by atoms with Crippen molar-refractivity contribution in [1.82, 2.24) is 19.8 Å². The third-order valence-electron chi connectivity index (χ3n) is 8.66. The molecule has 3 fully saturated rings. The van der Waals surface area contributed by atoms with Gasteiger partial charge < -0.3 is 20.2 Å². The Morgan fingerprint density at radius 2 is 1.71 bits per heavy atom. The Bertz CT molecular complexity index is 1000. The Morgan fingerprint density at radius 3 is 2.45 bits per heavy atom. The van der Waals surface area contributed by atoms with Crippen molar-refractivity contribution in [2.45, 2.75) is 82.8 Å². The summed E-state index contributed by atoms with van der Waals surface area (Å²) in [7, 11) is 0. The molecule has 8 nitrogen and oxygen atoms in total. The van der Waals surface area contributed by atoms with Crippen LogP contribution in [0.1, 0.15) is 69.8 Å². The monoisotopic (exact) mass is 520 g/mol. The summed E-state index contributed by atoms with van der Waals surface area (Å²) in [5, 5.41) is 13.4. The number of aromatic nitrogens is 2. The van der Waals surface area contributed by atoms with Crippen LogP contribution in [0.2, 0.25) is 0 Å². The van der Waals surface area contributed by atoms with Crippen LogP contribution in [0, 0.1) is 5.92 Å². The van der Waals surface area contributed by atoms with E-state index in [1.807, 2.05) is 42.6 Å². The maximum absolute atomic E-state index is 11.9. The second-order valence-electron chi connectivity index (χ2n) is 11.4. The fourth-order valence-electron chi connectivity index (χ4n) is 6.55. The molecule has 0 radical (unpaired) electrons. The zero-order valence-corrected chi connectivity index (χ0v) is 22.7. The van der Waals surface area contributed by atoms with E-state index < -0.39 is 6.09 Å². The molecule has 1 aromatic carbocycles. The predicted octanol–water partition coefficient (Wildman–Crippen LogP) is 5.47. The highest BCUT2D eigenvalue weighted by molar-refractivity contribution is 5.65. The lowest BCUT2D eigenvalue weighted by atomic mass is 9.84. The van der Waals surface area contributed by atoms with Gasteiger partial charge in [0.25, 0.3) is 0 Å². The maximum Gasteiger partial charge on any atom is 0.407 e. The molecule has 0 spiro atoms. The average molecular weight is 521 g/mol. The van der Waals surface area contributed by atoms with Crippen LogP contribution in [0.25, 0.3) is 0 Å². The minimum Gasteiger partial charge on any atom is -0.465 e. The van der Waals surface area contributed by atoms with E-state index in [0.29, 0.717) is 31.1 Å². The van der Waals surface area contributed by atoms with Crippen LogP contribution < -0.4 is 10.2 Å². The van der Waals surface area contributed by atoms with Gasteiger partial charge in [0, 0.05) is 51.0 Å². The average Bonchev–Trinajstić information content (AvgIpc) is 3.24. The van der Waals surface area contributed by atoms with Crippen molar-refractivity contribution in [3.8, 4) is 0 Å². The minimum absolute atomic E-state index is 0.370. The molecular formula is C30H44N6O2. The molecule has 1 amide bonds. The summed E-state index contributed by atoms with van der Waals surface area (Å²) >= 11 is 0. The highest BCUT2D eigenvalue weighted by atomic mass is 16.4. The molecule has 38 heavy (non-hydrogen) atoms. The number of carboxylic acid groups (broad SMARTS) is 1. The number of benzene rings is 1. The number of hydrogen-bond donors (Lipinski definition) is 2. The van der Waals surface area contributed by atoms with Gasteiger partial charge >= 0.3 is 6.09 Å². The van der Waals surface area contributed by atoms with Gasteiger partial charge in [-0.05, 0) is 75.5 Å². The first-order chi connectivity index (χ1) is 18.6. The van der Waals surface area contributed by atoms with E-state index in [-0.39, 0.29) is 0 Å². The van der Waals surface area contributed by atoms with Gasteiger partial charge in [-0.2, -0.15) is 4.98 Å². The van der Waals surface area contributed by atoms with Gasteiger partial charge in [-0.25, -0.2) is 9.78 Å². The summed E-state index contributed by atoms with van der Waals surface area (Å²) in [6, 6.07) is 12.9. The lowest BCUT2D eigenvalue weighted by Crippen LogP contribution is -2.48. The van der Waals surface area contributed by atoms with E-state index in [4.69, 9.17) is 4.98 Å². The van der Waals surface area contributed by atoms with E-state index in [9.17, 15) is 9.90 Å². The van der Waals surface area contributed by atoms with Gasteiger partial charge in [0.15, 0.2) is 0 Å². The van der Waals surface area contributed by atoms with E-state index in [0.717, 1.165) is 75.6 Å². The number of nitrogens with zero attached hydrogens (tertiary/aromatic N) is 5. The largest absolute Gasteiger partial charge is 0.465 e. The lowest BCUT2D eigenvalue weighted by Gasteiger charge is -2.42. The van der Waals surface area contributed by atoms with Crippen molar-refractivity contribution in [3.63, 3.8) is 0 Å². The first-order valence-electron chi connectivity index (χ1n) is 14.7. The minimum atomic E-state index is -0.817. The van der Waals surface area contributed by atoms with Crippen molar-refractivity contribution in [3.05, 3.63) is 48.2 Å². The van der Waals surface area contributed by atoms with Crippen molar-refractivity contribution in [2.75, 3.05) is 42.9 Å². The SMILES string of the molecule is O=C(O)N(Cc1ccccc1)CC1CCC(N2CCCC(Nc3nccc(N4CCCCCC4)n3)C2)CC1. The molecule has 2 N–H and O–H groups in total. The van der Waals surface area contributed by atoms with Gasteiger partial charge in [0.1, 0.15) is 5.82 Å². The number of anilines is 2. The van der Waals surface area contributed by atoms with Gasteiger partial charge in [-0.1, -0.05) is 43.2 Å². The molecule has 1 saturated carbocycles. The molecule has 8 heteroatoms. The third kappa shape index (κ3) is 7.37. The molecular weight excluding hydrogens is 476 g/mol. The second-order valence-corrected chi connectivity index (χ2v) is 11.4. The Labute approximate surface area is 227 Å². The Kier molecular flexibility index (Phi) is 9.33. The van der Waals surface area contributed by atoms with E-state index in [1.165, 1.54) is 32.1 Å². The van der Waals surface area contributed by atoms with Crippen LogP contribution in [-0.4, -0.2) is 75.8 Å². The molecule has 3 aliphatic rings. The smallest absolute Gasteiger partial charge is 0.407 e. The summed E-state index contributed by atoms with van der Waals surface area (Å²) < 4.78 is 0. The summed E-state index contributed by atoms with van der Waals surface area (Å²) in [6.45, 7) is 5.46. The van der Waals surface area contributed by atoms with E-state index >= 15 is 0 Å². The molecule has 206 valence electrons. The number of piperidine rings is 1. The lowest BCUT2D eigenvalue weighted by molar-refractivity contribution is 0.0915. The summed E-state index contributed by atoms with van der Waals surface area (Å²) in [6.07, 6.45) is 13.0. The third-order valence-corrected chi connectivity index (χ3v) is 8.66. The quantitative estimate of drug-likeness (QED) is 0.477.